The van der Waals surface area contributed by atoms with Gasteiger partial charge in [-0.15, -0.1) is 0 Å². The molecule has 8 heteroatoms. The van der Waals surface area contributed by atoms with Gasteiger partial charge in [0.15, 0.2) is 5.82 Å². The van der Waals surface area contributed by atoms with E-state index in [2.05, 4.69) is 33.7 Å². The van der Waals surface area contributed by atoms with Gasteiger partial charge < -0.3 is 5.32 Å². The van der Waals surface area contributed by atoms with Gasteiger partial charge in [0.1, 0.15) is 12.2 Å². The second-order valence-electron chi connectivity index (χ2n) is 6.75. The molecule has 2 aromatic carbocycles. The van der Waals surface area contributed by atoms with E-state index in [4.69, 9.17) is 0 Å². The molecular formula is C21H19F2N5O. The van der Waals surface area contributed by atoms with E-state index in [-0.39, 0.29) is 12.2 Å². The molecule has 1 N–H and O–H groups in total. The minimum absolute atomic E-state index is 0.279. The van der Waals surface area contributed by atoms with Gasteiger partial charge in [-0.3, -0.25) is 14.2 Å². The van der Waals surface area contributed by atoms with Crippen LogP contribution in [0.1, 0.15) is 23.4 Å². The summed E-state index contributed by atoms with van der Waals surface area (Å²) in [5.74, 6) is -0.108. The van der Waals surface area contributed by atoms with Crippen molar-refractivity contribution in [2.24, 2.45) is 0 Å². The lowest BCUT2D eigenvalue weighted by Gasteiger charge is -2.07. The summed E-state index contributed by atoms with van der Waals surface area (Å²) < 4.78 is 28.8. The van der Waals surface area contributed by atoms with Crippen molar-refractivity contribution in [2.75, 3.05) is 5.32 Å². The van der Waals surface area contributed by atoms with Crippen molar-refractivity contribution in [1.29, 1.82) is 0 Å². The number of rotatable bonds is 6. The van der Waals surface area contributed by atoms with Gasteiger partial charge in [0.2, 0.25) is 5.91 Å². The number of aromatic nitrogens is 4. The zero-order valence-corrected chi connectivity index (χ0v) is 15.7. The van der Waals surface area contributed by atoms with E-state index in [1.807, 2.05) is 24.3 Å². The van der Waals surface area contributed by atoms with E-state index in [0.717, 1.165) is 21.0 Å². The Balaban J connectivity index is 1.45. The number of anilines is 1. The number of amides is 1. The number of alkyl halides is 2. The number of fused-ring (bicyclic) bond motifs is 1. The Labute approximate surface area is 165 Å². The maximum atomic E-state index is 13.0. The molecule has 0 radical (unpaired) electrons. The van der Waals surface area contributed by atoms with Crippen molar-refractivity contribution in [3.63, 3.8) is 0 Å². The molecule has 0 aliphatic heterocycles. The van der Waals surface area contributed by atoms with Crippen molar-refractivity contribution in [3.8, 4) is 0 Å². The van der Waals surface area contributed by atoms with Crippen LogP contribution >= 0.6 is 0 Å². The summed E-state index contributed by atoms with van der Waals surface area (Å²) in [6.07, 6.45) is -0.927. The van der Waals surface area contributed by atoms with Crippen LogP contribution < -0.4 is 5.32 Å². The van der Waals surface area contributed by atoms with Crippen molar-refractivity contribution in [1.82, 2.24) is 19.6 Å². The standard InChI is InChI=1S/C21H19F2N5O/c1-14-11-18(21(22)23)28(25-14)13-20(29)24-19-9-10-27(26-19)12-16-7-4-6-15-5-2-3-8-17(15)16/h2-11,21H,12-13H2,1H3,(H,24,26,29). The first-order valence-corrected chi connectivity index (χ1v) is 9.12. The molecule has 0 aliphatic rings. The summed E-state index contributed by atoms with van der Waals surface area (Å²) >= 11 is 0. The van der Waals surface area contributed by atoms with Crippen LogP contribution in [0.2, 0.25) is 0 Å². The number of hydrogen-bond donors (Lipinski definition) is 1. The number of nitrogens with zero attached hydrogens (tertiary/aromatic N) is 4. The van der Waals surface area contributed by atoms with Gasteiger partial charge >= 0.3 is 0 Å². The minimum atomic E-state index is -2.69. The predicted octanol–water partition coefficient (Wildman–Crippen LogP) is 4.17. The van der Waals surface area contributed by atoms with Gasteiger partial charge in [0, 0.05) is 12.3 Å². The zero-order chi connectivity index (χ0) is 20.4. The van der Waals surface area contributed by atoms with Crippen LogP contribution in [0.25, 0.3) is 10.8 Å². The Kier molecular flexibility index (Phi) is 5.07. The second-order valence-corrected chi connectivity index (χ2v) is 6.75. The number of hydrogen-bond acceptors (Lipinski definition) is 3. The van der Waals surface area contributed by atoms with E-state index >= 15 is 0 Å². The summed E-state index contributed by atoms with van der Waals surface area (Å²) in [7, 11) is 0. The fraction of sp³-hybridized carbons (Fsp3) is 0.190. The van der Waals surface area contributed by atoms with Gasteiger partial charge in [-0.25, -0.2) is 8.78 Å². The highest BCUT2D eigenvalue weighted by Gasteiger charge is 2.17. The Morgan fingerprint density at radius 3 is 2.72 bits per heavy atom. The second kappa shape index (κ2) is 7.83. The number of aryl methyl sites for hydroxylation is 1. The Bertz CT molecular complexity index is 1160. The van der Waals surface area contributed by atoms with Crippen LogP contribution in [0.5, 0.6) is 0 Å². The van der Waals surface area contributed by atoms with E-state index in [1.54, 1.807) is 23.9 Å². The molecule has 2 heterocycles. The average Bonchev–Trinajstić information content (AvgIpc) is 3.28. The van der Waals surface area contributed by atoms with E-state index in [9.17, 15) is 13.6 Å². The average molecular weight is 395 g/mol. The Morgan fingerprint density at radius 2 is 1.90 bits per heavy atom. The van der Waals surface area contributed by atoms with E-state index in [0.29, 0.717) is 18.1 Å². The van der Waals surface area contributed by atoms with Crippen molar-refractivity contribution < 1.29 is 13.6 Å². The lowest BCUT2D eigenvalue weighted by Crippen LogP contribution is -2.21. The number of benzene rings is 2. The highest BCUT2D eigenvalue weighted by atomic mass is 19.3. The van der Waals surface area contributed by atoms with Gasteiger partial charge in [-0.1, -0.05) is 42.5 Å². The molecule has 6 nitrogen and oxygen atoms in total. The molecule has 1 amide bonds. The number of carbonyl (C=O) groups excluding carboxylic acids is 1. The van der Waals surface area contributed by atoms with E-state index in [1.165, 1.54) is 6.07 Å². The molecule has 0 saturated heterocycles. The minimum Gasteiger partial charge on any atom is -0.308 e. The van der Waals surface area contributed by atoms with Crippen molar-refractivity contribution in [2.45, 2.75) is 26.4 Å². The molecule has 0 aliphatic carbocycles. The lowest BCUT2D eigenvalue weighted by molar-refractivity contribution is -0.117. The third-order valence-corrected chi connectivity index (χ3v) is 4.57. The molecule has 0 bridgehead atoms. The third kappa shape index (κ3) is 4.16. The van der Waals surface area contributed by atoms with Crippen molar-refractivity contribution >= 4 is 22.5 Å². The molecule has 4 aromatic rings. The molecule has 2 aromatic heterocycles. The van der Waals surface area contributed by atoms with Crippen LogP contribution in [0, 0.1) is 6.92 Å². The first kappa shape index (κ1) is 18.8. The predicted molar refractivity (Wildman–Crippen MR) is 106 cm³/mol. The number of nitrogens with one attached hydrogen (secondary N) is 1. The maximum absolute atomic E-state index is 13.0. The van der Waals surface area contributed by atoms with Gasteiger partial charge in [0.25, 0.3) is 6.43 Å². The highest BCUT2D eigenvalue weighted by molar-refractivity contribution is 5.89. The van der Waals surface area contributed by atoms with Gasteiger partial charge in [0.05, 0.1) is 12.2 Å². The van der Waals surface area contributed by atoms with Crippen molar-refractivity contribution in [3.05, 3.63) is 77.7 Å². The molecule has 0 unspecified atom stereocenters. The topological polar surface area (TPSA) is 64.7 Å². The molecule has 148 valence electrons. The smallest absolute Gasteiger partial charge is 0.280 e. The fourth-order valence-electron chi connectivity index (χ4n) is 3.31. The zero-order valence-electron chi connectivity index (χ0n) is 15.7. The van der Waals surface area contributed by atoms with E-state index < -0.39 is 12.3 Å². The number of carbonyl (C=O) groups is 1. The van der Waals surface area contributed by atoms with Crippen LogP contribution in [0.4, 0.5) is 14.6 Å². The summed E-state index contributed by atoms with van der Waals surface area (Å²) in [5, 5.41) is 13.2. The quantitative estimate of drug-likeness (QED) is 0.533. The first-order valence-electron chi connectivity index (χ1n) is 9.12. The SMILES string of the molecule is Cc1cc(C(F)F)n(CC(=O)Nc2ccn(Cc3cccc4ccccc34)n2)n1. The lowest BCUT2D eigenvalue weighted by atomic mass is 10.0. The largest absolute Gasteiger partial charge is 0.308 e. The Morgan fingerprint density at radius 1 is 1.10 bits per heavy atom. The molecule has 0 saturated carbocycles. The summed E-state index contributed by atoms with van der Waals surface area (Å²) in [5.41, 5.74) is 1.27. The molecule has 0 spiro atoms. The van der Waals surface area contributed by atoms with Crippen LogP contribution in [-0.4, -0.2) is 25.5 Å². The van der Waals surface area contributed by atoms with Gasteiger partial charge in [-0.05, 0) is 29.3 Å². The highest BCUT2D eigenvalue weighted by Crippen LogP contribution is 2.21. The number of halogens is 2. The normalized spacial score (nSPS) is 11.3. The fourth-order valence-corrected chi connectivity index (χ4v) is 3.31. The Hall–Kier alpha value is -3.55. The van der Waals surface area contributed by atoms with Crippen LogP contribution in [0.3, 0.4) is 0 Å². The summed E-state index contributed by atoms with van der Waals surface area (Å²) in [4.78, 5) is 12.2. The molecule has 29 heavy (non-hydrogen) atoms. The summed E-state index contributed by atoms with van der Waals surface area (Å²) in [6, 6.07) is 17.1. The van der Waals surface area contributed by atoms with Gasteiger partial charge in [-0.2, -0.15) is 10.2 Å². The molecule has 0 fully saturated rings. The molecule has 0 atom stereocenters. The molecular weight excluding hydrogens is 376 g/mol. The maximum Gasteiger partial charge on any atom is 0.280 e. The van der Waals surface area contributed by atoms with Crippen LogP contribution in [-0.2, 0) is 17.9 Å². The third-order valence-electron chi connectivity index (χ3n) is 4.57. The monoisotopic (exact) mass is 395 g/mol. The molecule has 4 rings (SSSR count). The first-order chi connectivity index (χ1) is 14.0. The summed E-state index contributed by atoms with van der Waals surface area (Å²) in [6.45, 7) is 1.85. The van der Waals surface area contributed by atoms with Crippen LogP contribution in [0.15, 0.2) is 60.8 Å².